The number of nitrogens with two attached hydrogens (primary N) is 1. The molecular formula is C23H30ClN3O. The summed E-state index contributed by atoms with van der Waals surface area (Å²) in [6, 6.07) is 19.0. The van der Waals surface area contributed by atoms with Crippen LogP contribution in [0.5, 0.6) is 0 Å². The predicted molar refractivity (Wildman–Crippen MR) is 116 cm³/mol. The highest BCUT2D eigenvalue weighted by Crippen LogP contribution is 2.32. The molecule has 0 unspecified atom stereocenters. The van der Waals surface area contributed by atoms with E-state index in [1.165, 1.54) is 11.1 Å². The summed E-state index contributed by atoms with van der Waals surface area (Å²) in [4.78, 5) is 17.8. The maximum atomic E-state index is 13.2. The molecule has 0 radical (unpaired) electrons. The molecule has 0 spiro atoms. The van der Waals surface area contributed by atoms with E-state index >= 15 is 0 Å². The monoisotopic (exact) mass is 399 g/mol. The lowest BCUT2D eigenvalue weighted by atomic mass is 9.94. The number of carbonyl (C=O) groups excluding carboxylic acids is 1. The Bertz CT molecular complexity index is 770. The first-order valence-corrected chi connectivity index (χ1v) is 10.1. The lowest BCUT2D eigenvalue weighted by Gasteiger charge is -2.34. The number of hydrogen-bond acceptors (Lipinski definition) is 3. The zero-order chi connectivity index (χ0) is 18.6. The molecule has 2 aliphatic rings. The van der Waals surface area contributed by atoms with Gasteiger partial charge in [0.05, 0.1) is 0 Å². The third-order valence-electron chi connectivity index (χ3n) is 5.76. The van der Waals surface area contributed by atoms with Crippen molar-refractivity contribution in [3.05, 3.63) is 65.7 Å². The molecule has 1 heterocycles. The number of benzene rings is 2. The van der Waals surface area contributed by atoms with Crippen molar-refractivity contribution in [2.45, 2.75) is 44.8 Å². The number of halogens is 1. The van der Waals surface area contributed by atoms with E-state index in [4.69, 9.17) is 5.73 Å². The van der Waals surface area contributed by atoms with E-state index in [1.54, 1.807) is 0 Å². The van der Waals surface area contributed by atoms with E-state index in [0.717, 1.165) is 57.5 Å². The maximum Gasteiger partial charge on any atom is 0.226 e. The van der Waals surface area contributed by atoms with Crippen molar-refractivity contribution in [3.63, 3.8) is 0 Å². The second-order valence-electron chi connectivity index (χ2n) is 7.98. The van der Waals surface area contributed by atoms with E-state index in [1.807, 2.05) is 24.3 Å². The largest absolute Gasteiger partial charge is 0.399 e. The minimum atomic E-state index is 0. The number of likely N-dealkylation sites (tertiary alicyclic amines) is 1. The molecule has 4 nitrogen and oxygen atoms in total. The number of nitrogens with zero attached hydrogens (tertiary/aromatic N) is 2. The zero-order valence-electron chi connectivity index (χ0n) is 16.3. The van der Waals surface area contributed by atoms with Gasteiger partial charge in [-0.2, -0.15) is 0 Å². The number of rotatable bonds is 6. The molecule has 28 heavy (non-hydrogen) atoms. The molecule has 5 heteroatoms. The standard InChI is InChI=1S/C23H29N3O.ClH/c24-21-8-4-7-19(15-21)16-25-13-11-20(12-14-25)23(27)26(22-9-10-22)17-18-5-2-1-3-6-18;/h1-8,15,20,22H,9-14,16-17,24H2;1H. The Morgan fingerprint density at radius 2 is 1.64 bits per heavy atom. The van der Waals surface area contributed by atoms with Crippen molar-refractivity contribution in [2.75, 3.05) is 18.8 Å². The van der Waals surface area contributed by atoms with E-state index < -0.39 is 0 Å². The Morgan fingerprint density at radius 3 is 2.29 bits per heavy atom. The van der Waals surface area contributed by atoms with Crippen LogP contribution in [0.1, 0.15) is 36.8 Å². The Labute approximate surface area is 174 Å². The fourth-order valence-corrected chi connectivity index (χ4v) is 4.08. The molecule has 2 aromatic rings. The molecule has 0 aromatic heterocycles. The van der Waals surface area contributed by atoms with Gasteiger partial charge < -0.3 is 10.6 Å². The van der Waals surface area contributed by atoms with Gasteiger partial charge in [0.1, 0.15) is 0 Å². The maximum absolute atomic E-state index is 13.2. The van der Waals surface area contributed by atoms with E-state index in [2.05, 4.69) is 40.1 Å². The first-order chi connectivity index (χ1) is 13.2. The molecule has 1 saturated heterocycles. The molecule has 150 valence electrons. The number of hydrogen-bond donors (Lipinski definition) is 1. The van der Waals surface area contributed by atoms with Gasteiger partial charge in [-0.1, -0.05) is 42.5 Å². The van der Waals surface area contributed by atoms with Crippen LogP contribution in [-0.4, -0.2) is 34.8 Å². The molecule has 0 bridgehead atoms. The van der Waals surface area contributed by atoms with Gasteiger partial charge in [-0.05, 0) is 62.0 Å². The molecule has 1 aliphatic heterocycles. The summed E-state index contributed by atoms with van der Waals surface area (Å²) in [6.45, 7) is 3.64. The second-order valence-corrected chi connectivity index (χ2v) is 7.98. The van der Waals surface area contributed by atoms with Crippen LogP contribution in [0, 0.1) is 5.92 Å². The van der Waals surface area contributed by atoms with Gasteiger partial charge >= 0.3 is 0 Å². The Hall–Kier alpha value is -2.04. The smallest absolute Gasteiger partial charge is 0.226 e. The highest BCUT2D eigenvalue weighted by Gasteiger charge is 2.36. The lowest BCUT2D eigenvalue weighted by Crippen LogP contribution is -2.43. The molecule has 0 atom stereocenters. The molecular weight excluding hydrogens is 370 g/mol. The van der Waals surface area contributed by atoms with Crippen LogP contribution >= 0.6 is 12.4 Å². The normalized spacial score (nSPS) is 17.7. The number of piperidine rings is 1. The first-order valence-electron chi connectivity index (χ1n) is 10.1. The summed E-state index contributed by atoms with van der Waals surface area (Å²) in [5.74, 6) is 0.538. The number of nitrogen functional groups attached to an aromatic ring is 1. The second kappa shape index (κ2) is 9.44. The highest BCUT2D eigenvalue weighted by molar-refractivity contribution is 5.85. The Morgan fingerprint density at radius 1 is 0.964 bits per heavy atom. The zero-order valence-corrected chi connectivity index (χ0v) is 17.1. The molecule has 2 fully saturated rings. The topological polar surface area (TPSA) is 49.6 Å². The van der Waals surface area contributed by atoms with Crippen LogP contribution in [0.15, 0.2) is 54.6 Å². The lowest BCUT2D eigenvalue weighted by molar-refractivity contribution is -0.138. The van der Waals surface area contributed by atoms with Gasteiger partial charge in [0.15, 0.2) is 0 Å². The van der Waals surface area contributed by atoms with Crippen molar-refractivity contribution >= 4 is 24.0 Å². The third kappa shape index (κ3) is 5.27. The van der Waals surface area contributed by atoms with Gasteiger partial charge in [0, 0.05) is 30.7 Å². The fourth-order valence-electron chi connectivity index (χ4n) is 4.08. The summed E-state index contributed by atoms with van der Waals surface area (Å²) < 4.78 is 0. The summed E-state index contributed by atoms with van der Waals surface area (Å²) in [6.07, 6.45) is 4.23. The van der Waals surface area contributed by atoms with Gasteiger partial charge in [-0.3, -0.25) is 9.69 Å². The predicted octanol–water partition coefficient (Wildman–Crippen LogP) is 4.09. The minimum Gasteiger partial charge on any atom is -0.399 e. The average Bonchev–Trinajstić information content (AvgIpc) is 3.52. The van der Waals surface area contributed by atoms with E-state index in [0.29, 0.717) is 11.9 Å². The van der Waals surface area contributed by atoms with Crippen LogP contribution in [0.2, 0.25) is 0 Å². The van der Waals surface area contributed by atoms with E-state index in [9.17, 15) is 4.79 Å². The number of anilines is 1. The van der Waals surface area contributed by atoms with Crippen molar-refractivity contribution in [1.82, 2.24) is 9.80 Å². The van der Waals surface area contributed by atoms with Gasteiger partial charge in [-0.15, -0.1) is 12.4 Å². The van der Waals surface area contributed by atoms with Gasteiger partial charge in [0.2, 0.25) is 5.91 Å². The minimum absolute atomic E-state index is 0. The Kier molecular flexibility index (Phi) is 6.97. The summed E-state index contributed by atoms with van der Waals surface area (Å²) in [5, 5.41) is 0. The summed E-state index contributed by atoms with van der Waals surface area (Å²) >= 11 is 0. The van der Waals surface area contributed by atoms with Crippen molar-refractivity contribution in [3.8, 4) is 0 Å². The molecule has 1 amide bonds. The van der Waals surface area contributed by atoms with Gasteiger partial charge in [0.25, 0.3) is 0 Å². The van der Waals surface area contributed by atoms with Crippen LogP contribution < -0.4 is 5.73 Å². The Balaban J connectivity index is 0.00000225. The molecule has 1 saturated carbocycles. The fraction of sp³-hybridized carbons (Fsp3) is 0.435. The third-order valence-corrected chi connectivity index (χ3v) is 5.76. The average molecular weight is 400 g/mol. The number of carbonyl (C=O) groups is 1. The van der Waals surface area contributed by atoms with Crippen LogP contribution in [0.3, 0.4) is 0 Å². The van der Waals surface area contributed by atoms with Crippen LogP contribution in [0.4, 0.5) is 5.69 Å². The quantitative estimate of drug-likeness (QED) is 0.744. The highest BCUT2D eigenvalue weighted by atomic mass is 35.5. The van der Waals surface area contributed by atoms with Crippen LogP contribution in [0.25, 0.3) is 0 Å². The van der Waals surface area contributed by atoms with Crippen molar-refractivity contribution in [2.24, 2.45) is 5.92 Å². The van der Waals surface area contributed by atoms with E-state index in [-0.39, 0.29) is 18.3 Å². The molecule has 2 aromatic carbocycles. The van der Waals surface area contributed by atoms with Crippen LogP contribution in [-0.2, 0) is 17.9 Å². The molecule has 4 rings (SSSR count). The summed E-state index contributed by atoms with van der Waals surface area (Å²) in [5.41, 5.74) is 9.19. The van der Waals surface area contributed by atoms with Gasteiger partial charge in [-0.25, -0.2) is 0 Å². The van der Waals surface area contributed by atoms with Crippen molar-refractivity contribution < 1.29 is 4.79 Å². The molecule has 1 aliphatic carbocycles. The SMILES string of the molecule is Cl.Nc1cccc(CN2CCC(C(=O)N(Cc3ccccc3)C3CC3)CC2)c1. The molecule has 2 N–H and O–H groups in total. The summed E-state index contributed by atoms with van der Waals surface area (Å²) in [7, 11) is 0. The first kappa shape index (κ1) is 20.7. The number of amides is 1. The van der Waals surface area contributed by atoms with Crippen molar-refractivity contribution in [1.29, 1.82) is 0 Å².